The molecule has 1 aliphatic heterocycles. The van der Waals surface area contributed by atoms with Crippen LogP contribution in [0.2, 0.25) is 5.02 Å². The first-order valence-electron chi connectivity index (χ1n) is 6.27. The first-order chi connectivity index (χ1) is 8.16. The standard InChI is InChI=1S/C14H20ClNO/c1-10-8-13(15)6-5-12(10)9-16-11(2)14-4-3-7-17-14/h5-6,8,11,14,16H,3-4,7,9H2,1-2H3. The fraction of sp³-hybridized carbons (Fsp3) is 0.571. The summed E-state index contributed by atoms with van der Waals surface area (Å²) in [5, 5.41) is 4.34. The Kier molecular flexibility index (Phi) is 4.43. The van der Waals surface area contributed by atoms with Crippen molar-refractivity contribution in [2.24, 2.45) is 0 Å². The zero-order valence-electron chi connectivity index (χ0n) is 10.5. The van der Waals surface area contributed by atoms with E-state index in [2.05, 4.69) is 25.2 Å². The fourth-order valence-corrected chi connectivity index (χ4v) is 2.48. The van der Waals surface area contributed by atoms with Gasteiger partial charge in [-0.15, -0.1) is 0 Å². The molecular weight excluding hydrogens is 234 g/mol. The maximum atomic E-state index is 5.94. The molecule has 0 spiro atoms. The summed E-state index contributed by atoms with van der Waals surface area (Å²) in [5.74, 6) is 0. The minimum atomic E-state index is 0.377. The Morgan fingerprint density at radius 3 is 3.00 bits per heavy atom. The van der Waals surface area contributed by atoms with Gasteiger partial charge in [-0.05, 0) is 49.9 Å². The molecule has 0 radical (unpaired) electrons. The Morgan fingerprint density at radius 1 is 1.53 bits per heavy atom. The lowest BCUT2D eigenvalue weighted by Crippen LogP contribution is -2.36. The van der Waals surface area contributed by atoms with Crippen LogP contribution in [-0.4, -0.2) is 18.8 Å². The Morgan fingerprint density at radius 2 is 2.35 bits per heavy atom. The van der Waals surface area contributed by atoms with Gasteiger partial charge in [0.25, 0.3) is 0 Å². The van der Waals surface area contributed by atoms with Gasteiger partial charge in [-0.3, -0.25) is 0 Å². The molecule has 0 saturated carbocycles. The zero-order chi connectivity index (χ0) is 12.3. The van der Waals surface area contributed by atoms with E-state index < -0.39 is 0 Å². The van der Waals surface area contributed by atoms with Gasteiger partial charge in [0.1, 0.15) is 0 Å². The topological polar surface area (TPSA) is 21.3 Å². The lowest BCUT2D eigenvalue weighted by Gasteiger charge is -2.20. The summed E-state index contributed by atoms with van der Waals surface area (Å²) >= 11 is 5.94. The molecule has 1 aromatic rings. The van der Waals surface area contributed by atoms with Gasteiger partial charge in [0, 0.05) is 24.2 Å². The van der Waals surface area contributed by atoms with Crippen LogP contribution in [0.25, 0.3) is 0 Å². The van der Waals surface area contributed by atoms with Gasteiger partial charge < -0.3 is 10.1 Å². The highest BCUT2D eigenvalue weighted by molar-refractivity contribution is 6.30. The van der Waals surface area contributed by atoms with Gasteiger partial charge in [0.05, 0.1) is 6.10 Å². The minimum absolute atomic E-state index is 0.377. The predicted octanol–water partition coefficient (Wildman–Crippen LogP) is 3.31. The van der Waals surface area contributed by atoms with Crippen LogP contribution in [0, 0.1) is 6.92 Å². The molecule has 2 unspecified atom stereocenters. The maximum Gasteiger partial charge on any atom is 0.0726 e. The smallest absolute Gasteiger partial charge is 0.0726 e. The van der Waals surface area contributed by atoms with Crippen LogP contribution in [0.5, 0.6) is 0 Å². The molecular formula is C14H20ClNO. The van der Waals surface area contributed by atoms with Crippen molar-refractivity contribution < 1.29 is 4.74 Å². The van der Waals surface area contributed by atoms with E-state index in [9.17, 15) is 0 Å². The molecule has 3 heteroatoms. The summed E-state index contributed by atoms with van der Waals surface area (Å²) in [6.45, 7) is 6.08. The molecule has 94 valence electrons. The quantitative estimate of drug-likeness (QED) is 0.889. The van der Waals surface area contributed by atoms with Crippen molar-refractivity contribution in [3.63, 3.8) is 0 Å². The van der Waals surface area contributed by atoms with E-state index in [4.69, 9.17) is 16.3 Å². The maximum absolute atomic E-state index is 5.94. The van der Waals surface area contributed by atoms with Crippen molar-refractivity contribution in [1.82, 2.24) is 5.32 Å². The van der Waals surface area contributed by atoms with Crippen LogP contribution in [0.3, 0.4) is 0 Å². The molecule has 2 atom stereocenters. The molecule has 17 heavy (non-hydrogen) atoms. The summed E-state index contributed by atoms with van der Waals surface area (Å²) in [7, 11) is 0. The molecule has 1 saturated heterocycles. The van der Waals surface area contributed by atoms with Gasteiger partial charge in [-0.1, -0.05) is 17.7 Å². The SMILES string of the molecule is Cc1cc(Cl)ccc1CNC(C)C1CCCO1. The first kappa shape index (κ1) is 12.9. The average molecular weight is 254 g/mol. The number of hydrogen-bond acceptors (Lipinski definition) is 2. The van der Waals surface area contributed by atoms with E-state index in [-0.39, 0.29) is 0 Å². The third kappa shape index (κ3) is 3.44. The van der Waals surface area contributed by atoms with E-state index in [1.54, 1.807) is 0 Å². The number of nitrogens with one attached hydrogen (secondary N) is 1. The molecule has 1 heterocycles. The predicted molar refractivity (Wildman–Crippen MR) is 71.5 cm³/mol. The Labute approximate surface area is 108 Å². The van der Waals surface area contributed by atoms with E-state index in [0.29, 0.717) is 12.1 Å². The summed E-state index contributed by atoms with van der Waals surface area (Å²) in [6.07, 6.45) is 2.74. The molecule has 1 N–H and O–H groups in total. The zero-order valence-corrected chi connectivity index (χ0v) is 11.3. The highest BCUT2D eigenvalue weighted by Crippen LogP contribution is 2.18. The molecule has 1 aromatic carbocycles. The molecule has 1 aliphatic rings. The van der Waals surface area contributed by atoms with Gasteiger partial charge in [-0.25, -0.2) is 0 Å². The van der Waals surface area contributed by atoms with Gasteiger partial charge >= 0.3 is 0 Å². The van der Waals surface area contributed by atoms with Crippen LogP contribution >= 0.6 is 11.6 Å². The van der Waals surface area contributed by atoms with Crippen molar-refractivity contribution >= 4 is 11.6 Å². The number of benzene rings is 1. The van der Waals surface area contributed by atoms with Crippen molar-refractivity contribution in [2.45, 2.75) is 45.4 Å². The largest absolute Gasteiger partial charge is 0.377 e. The summed E-state index contributed by atoms with van der Waals surface area (Å²) < 4.78 is 5.67. The summed E-state index contributed by atoms with van der Waals surface area (Å²) in [4.78, 5) is 0. The van der Waals surface area contributed by atoms with E-state index in [1.165, 1.54) is 24.0 Å². The second kappa shape index (κ2) is 5.85. The number of hydrogen-bond donors (Lipinski definition) is 1. The third-order valence-corrected chi connectivity index (χ3v) is 3.68. The van der Waals surface area contributed by atoms with Crippen LogP contribution in [-0.2, 0) is 11.3 Å². The van der Waals surface area contributed by atoms with Gasteiger partial charge in [0.2, 0.25) is 0 Å². The number of ether oxygens (including phenoxy) is 1. The lowest BCUT2D eigenvalue weighted by molar-refractivity contribution is 0.0832. The third-order valence-electron chi connectivity index (χ3n) is 3.44. The molecule has 0 aliphatic carbocycles. The molecule has 2 rings (SSSR count). The number of aryl methyl sites for hydroxylation is 1. The average Bonchev–Trinajstić information content (AvgIpc) is 2.81. The van der Waals surface area contributed by atoms with Crippen molar-refractivity contribution in [2.75, 3.05) is 6.61 Å². The van der Waals surface area contributed by atoms with Crippen molar-refractivity contribution in [3.8, 4) is 0 Å². The second-order valence-corrected chi connectivity index (χ2v) is 5.23. The van der Waals surface area contributed by atoms with Gasteiger partial charge in [0.15, 0.2) is 0 Å². The molecule has 0 bridgehead atoms. The van der Waals surface area contributed by atoms with E-state index >= 15 is 0 Å². The second-order valence-electron chi connectivity index (χ2n) is 4.79. The molecule has 2 nitrogen and oxygen atoms in total. The fourth-order valence-electron chi connectivity index (χ4n) is 2.26. The Hall–Kier alpha value is -0.570. The number of halogens is 1. The first-order valence-corrected chi connectivity index (χ1v) is 6.64. The van der Waals surface area contributed by atoms with Crippen molar-refractivity contribution in [3.05, 3.63) is 34.3 Å². The lowest BCUT2D eigenvalue weighted by atomic mass is 10.1. The Bertz CT molecular complexity index is 374. The van der Waals surface area contributed by atoms with Gasteiger partial charge in [-0.2, -0.15) is 0 Å². The number of rotatable bonds is 4. The molecule has 0 aromatic heterocycles. The van der Waals surface area contributed by atoms with Crippen LogP contribution in [0.4, 0.5) is 0 Å². The van der Waals surface area contributed by atoms with Crippen LogP contribution in [0.1, 0.15) is 30.9 Å². The summed E-state index contributed by atoms with van der Waals surface area (Å²) in [5.41, 5.74) is 2.55. The highest BCUT2D eigenvalue weighted by Gasteiger charge is 2.21. The van der Waals surface area contributed by atoms with Crippen LogP contribution < -0.4 is 5.32 Å². The Balaban J connectivity index is 1.88. The monoisotopic (exact) mass is 253 g/mol. The van der Waals surface area contributed by atoms with E-state index in [1.807, 2.05) is 12.1 Å². The van der Waals surface area contributed by atoms with Crippen molar-refractivity contribution in [1.29, 1.82) is 0 Å². The normalized spacial score (nSPS) is 21.7. The summed E-state index contributed by atoms with van der Waals surface area (Å²) in [6, 6.07) is 6.46. The van der Waals surface area contributed by atoms with E-state index in [0.717, 1.165) is 18.2 Å². The van der Waals surface area contributed by atoms with Crippen LogP contribution in [0.15, 0.2) is 18.2 Å². The molecule has 1 fully saturated rings. The molecule has 0 amide bonds. The highest BCUT2D eigenvalue weighted by atomic mass is 35.5. The minimum Gasteiger partial charge on any atom is -0.377 e.